The molecule has 32 heavy (non-hydrogen) atoms. The van der Waals surface area contributed by atoms with Gasteiger partial charge in [0.2, 0.25) is 0 Å². The van der Waals surface area contributed by atoms with Gasteiger partial charge in [0, 0.05) is 11.1 Å². The lowest BCUT2D eigenvalue weighted by Crippen LogP contribution is -2.16. The minimum Gasteiger partial charge on any atom is -0.384 e. The van der Waals surface area contributed by atoms with Gasteiger partial charge in [-0.1, -0.05) is 18.2 Å². The van der Waals surface area contributed by atoms with E-state index in [4.69, 9.17) is 0 Å². The number of thiophene rings is 1. The van der Waals surface area contributed by atoms with Gasteiger partial charge in [-0.15, -0.1) is 11.3 Å². The molecule has 0 aliphatic rings. The molecule has 0 unspecified atom stereocenters. The van der Waals surface area contributed by atoms with Crippen LogP contribution in [0.5, 0.6) is 0 Å². The minimum atomic E-state index is -3.32. The lowest BCUT2D eigenvalue weighted by Gasteiger charge is -2.13. The first-order valence-electron chi connectivity index (χ1n) is 9.93. The van der Waals surface area contributed by atoms with E-state index < -0.39 is 15.4 Å². The molecule has 0 aliphatic carbocycles. The van der Waals surface area contributed by atoms with Crippen molar-refractivity contribution in [3.8, 4) is 26.7 Å². The molecule has 8 heteroatoms. The van der Waals surface area contributed by atoms with Crippen LogP contribution in [0.2, 0.25) is 0 Å². The normalized spacial score (nSPS) is 12.3. The first-order chi connectivity index (χ1) is 14.9. The Kier molecular flexibility index (Phi) is 5.56. The maximum atomic E-state index is 14.0. The number of aryl methyl sites for hydroxylation is 1. The highest BCUT2D eigenvalue weighted by molar-refractivity contribution is 7.90. The third-order valence-electron chi connectivity index (χ3n) is 5.14. The second-order valence-electron chi connectivity index (χ2n) is 8.28. The van der Waals surface area contributed by atoms with Crippen LogP contribution in [-0.2, 0) is 15.4 Å². The maximum Gasteiger partial charge on any atom is 0.175 e. The summed E-state index contributed by atoms with van der Waals surface area (Å²) in [6, 6.07) is 17.0. The van der Waals surface area contributed by atoms with Gasteiger partial charge in [0.25, 0.3) is 0 Å². The van der Waals surface area contributed by atoms with Gasteiger partial charge in [0.05, 0.1) is 26.8 Å². The van der Waals surface area contributed by atoms with Crippen molar-refractivity contribution in [2.75, 3.05) is 6.26 Å². The SMILES string of the molecule is Cc1ccc(F)cc1-n1nc(C(C)(C)O)cc1-c1ccc(-c2cccc(S(C)(=O)=O)c2)s1. The van der Waals surface area contributed by atoms with Gasteiger partial charge in [0.15, 0.2) is 9.84 Å². The van der Waals surface area contributed by atoms with Gasteiger partial charge in [0.1, 0.15) is 11.4 Å². The Morgan fingerprint density at radius 2 is 1.75 bits per heavy atom. The Hall–Kier alpha value is -2.81. The summed E-state index contributed by atoms with van der Waals surface area (Å²) in [5.41, 5.74) is 2.22. The van der Waals surface area contributed by atoms with E-state index in [0.29, 0.717) is 17.1 Å². The highest BCUT2D eigenvalue weighted by Crippen LogP contribution is 2.38. The van der Waals surface area contributed by atoms with E-state index in [1.807, 2.05) is 25.1 Å². The molecule has 4 rings (SSSR count). The first-order valence-corrected chi connectivity index (χ1v) is 12.6. The van der Waals surface area contributed by atoms with E-state index in [-0.39, 0.29) is 10.7 Å². The molecular weight excluding hydrogens is 447 g/mol. The van der Waals surface area contributed by atoms with Crippen molar-refractivity contribution in [1.82, 2.24) is 9.78 Å². The number of sulfone groups is 1. The van der Waals surface area contributed by atoms with Gasteiger partial charge in [-0.2, -0.15) is 5.10 Å². The Morgan fingerprint density at radius 1 is 1.03 bits per heavy atom. The van der Waals surface area contributed by atoms with E-state index in [0.717, 1.165) is 20.9 Å². The van der Waals surface area contributed by atoms with Gasteiger partial charge in [-0.3, -0.25) is 0 Å². The summed E-state index contributed by atoms with van der Waals surface area (Å²) in [7, 11) is -3.32. The largest absolute Gasteiger partial charge is 0.384 e. The quantitative estimate of drug-likeness (QED) is 0.427. The number of hydrogen-bond acceptors (Lipinski definition) is 5. The Balaban J connectivity index is 1.86. The van der Waals surface area contributed by atoms with E-state index in [2.05, 4.69) is 5.10 Å². The molecule has 166 valence electrons. The van der Waals surface area contributed by atoms with E-state index in [1.54, 1.807) is 48.9 Å². The van der Waals surface area contributed by atoms with Crippen LogP contribution < -0.4 is 0 Å². The molecule has 0 atom stereocenters. The average molecular weight is 471 g/mol. The maximum absolute atomic E-state index is 14.0. The molecule has 0 fully saturated rings. The highest BCUT2D eigenvalue weighted by Gasteiger charge is 2.24. The molecule has 2 aromatic carbocycles. The number of halogens is 1. The molecule has 4 aromatic rings. The summed E-state index contributed by atoms with van der Waals surface area (Å²) < 4.78 is 39.6. The zero-order valence-electron chi connectivity index (χ0n) is 18.1. The lowest BCUT2D eigenvalue weighted by atomic mass is 10.1. The van der Waals surface area contributed by atoms with E-state index >= 15 is 0 Å². The summed E-state index contributed by atoms with van der Waals surface area (Å²) in [5, 5.41) is 15.1. The standard InChI is InChI=1S/C24H23FN2O3S2/c1-15-8-9-17(25)13-19(15)27-20(14-23(26-27)24(2,3)28)22-11-10-21(31-22)16-6-5-7-18(12-16)32(4,29)30/h5-14,28H,1-4H3. The number of benzene rings is 2. The predicted molar refractivity (Wildman–Crippen MR) is 125 cm³/mol. The second kappa shape index (κ2) is 7.95. The van der Waals surface area contributed by atoms with Crippen LogP contribution in [0, 0.1) is 12.7 Å². The van der Waals surface area contributed by atoms with Crippen LogP contribution in [0.25, 0.3) is 26.7 Å². The third-order valence-corrected chi connectivity index (χ3v) is 7.41. The summed E-state index contributed by atoms with van der Waals surface area (Å²) in [5.74, 6) is -0.374. The first kappa shape index (κ1) is 22.4. The summed E-state index contributed by atoms with van der Waals surface area (Å²) >= 11 is 1.47. The number of aliphatic hydroxyl groups is 1. The smallest absolute Gasteiger partial charge is 0.175 e. The molecule has 0 saturated heterocycles. The molecule has 0 aliphatic heterocycles. The summed E-state index contributed by atoms with van der Waals surface area (Å²) in [6.45, 7) is 5.18. The number of aromatic nitrogens is 2. The van der Waals surface area contributed by atoms with Gasteiger partial charge in [-0.25, -0.2) is 17.5 Å². The Morgan fingerprint density at radius 3 is 2.44 bits per heavy atom. The monoisotopic (exact) mass is 470 g/mol. The summed E-state index contributed by atoms with van der Waals surface area (Å²) in [4.78, 5) is 2.00. The molecular formula is C24H23FN2O3S2. The van der Waals surface area contributed by atoms with Gasteiger partial charge in [-0.05, 0) is 74.4 Å². The highest BCUT2D eigenvalue weighted by atomic mass is 32.2. The molecule has 5 nitrogen and oxygen atoms in total. The Bertz CT molecular complexity index is 1410. The van der Waals surface area contributed by atoms with Crippen molar-refractivity contribution in [3.05, 3.63) is 77.7 Å². The number of nitrogens with zero attached hydrogens (tertiary/aromatic N) is 2. The average Bonchev–Trinajstić information content (AvgIpc) is 3.36. The fraction of sp³-hybridized carbons (Fsp3) is 0.208. The predicted octanol–water partition coefficient (Wildman–Crippen LogP) is 5.35. The molecule has 0 saturated carbocycles. The zero-order chi connectivity index (χ0) is 23.3. The number of rotatable bonds is 5. The van der Waals surface area contributed by atoms with Crippen molar-refractivity contribution in [3.63, 3.8) is 0 Å². The van der Waals surface area contributed by atoms with E-state index in [9.17, 15) is 17.9 Å². The Labute approximate surface area is 190 Å². The van der Waals surface area contributed by atoms with Crippen molar-refractivity contribution in [1.29, 1.82) is 0 Å². The molecule has 0 radical (unpaired) electrons. The fourth-order valence-corrected chi connectivity index (χ4v) is 5.03. The van der Waals surface area contributed by atoms with Crippen molar-refractivity contribution >= 4 is 21.2 Å². The molecule has 0 spiro atoms. The fourth-order valence-electron chi connectivity index (χ4n) is 3.36. The zero-order valence-corrected chi connectivity index (χ0v) is 19.8. The molecule has 0 amide bonds. The topological polar surface area (TPSA) is 72.2 Å². The molecule has 0 bridgehead atoms. The van der Waals surface area contributed by atoms with Crippen molar-refractivity contribution in [2.24, 2.45) is 0 Å². The second-order valence-corrected chi connectivity index (χ2v) is 11.4. The van der Waals surface area contributed by atoms with Crippen LogP contribution in [0.1, 0.15) is 25.1 Å². The molecule has 2 heterocycles. The molecule has 2 aromatic heterocycles. The van der Waals surface area contributed by atoms with Crippen molar-refractivity contribution in [2.45, 2.75) is 31.3 Å². The van der Waals surface area contributed by atoms with Crippen LogP contribution in [0.15, 0.2) is 65.6 Å². The van der Waals surface area contributed by atoms with E-state index in [1.165, 1.54) is 29.7 Å². The minimum absolute atomic E-state index is 0.259. The van der Waals surface area contributed by atoms with Crippen LogP contribution in [0.4, 0.5) is 4.39 Å². The third kappa shape index (κ3) is 4.39. The molecule has 1 N–H and O–H groups in total. The van der Waals surface area contributed by atoms with Crippen LogP contribution in [0.3, 0.4) is 0 Å². The number of hydrogen-bond donors (Lipinski definition) is 1. The van der Waals surface area contributed by atoms with Crippen molar-refractivity contribution < 1.29 is 17.9 Å². The van der Waals surface area contributed by atoms with Crippen LogP contribution in [-0.4, -0.2) is 29.6 Å². The summed E-state index contributed by atoms with van der Waals surface area (Å²) in [6.07, 6.45) is 1.18. The van der Waals surface area contributed by atoms with Crippen LogP contribution >= 0.6 is 11.3 Å². The van der Waals surface area contributed by atoms with Gasteiger partial charge < -0.3 is 5.11 Å². The lowest BCUT2D eigenvalue weighted by molar-refractivity contribution is 0.0734. The van der Waals surface area contributed by atoms with Gasteiger partial charge >= 0.3 is 0 Å².